The van der Waals surface area contributed by atoms with Crippen LogP contribution in [-0.2, 0) is 21.4 Å². The Bertz CT molecular complexity index is 883. The van der Waals surface area contributed by atoms with E-state index < -0.39 is 10.0 Å². The van der Waals surface area contributed by atoms with Crippen LogP contribution in [0.1, 0.15) is 25.8 Å². The molecule has 0 radical (unpaired) electrons. The Kier molecular flexibility index (Phi) is 8.31. The molecule has 0 aliphatic carbocycles. The Balaban J connectivity index is 2.23. The van der Waals surface area contributed by atoms with Gasteiger partial charge in [-0.05, 0) is 54.3 Å². The second-order valence-corrected chi connectivity index (χ2v) is 9.70. The van der Waals surface area contributed by atoms with E-state index in [1.807, 2.05) is 0 Å². The zero-order chi connectivity index (χ0) is 20.7. The molecule has 0 aliphatic heterocycles. The van der Waals surface area contributed by atoms with Crippen molar-refractivity contribution in [3.05, 3.63) is 64.1 Å². The van der Waals surface area contributed by atoms with Crippen molar-refractivity contribution in [1.29, 1.82) is 0 Å². The van der Waals surface area contributed by atoms with Gasteiger partial charge in [-0.25, -0.2) is 8.42 Å². The predicted octanol–water partition coefficient (Wildman–Crippen LogP) is 4.35. The minimum absolute atomic E-state index is 0.0553. The normalized spacial score (nSPS) is 11.8. The van der Waals surface area contributed by atoms with Crippen molar-refractivity contribution >= 4 is 39.1 Å². The number of carbonyl (C=O) groups is 1. The lowest BCUT2D eigenvalue weighted by Gasteiger charge is -2.22. The summed E-state index contributed by atoms with van der Waals surface area (Å²) in [5.41, 5.74) is 0.733. The van der Waals surface area contributed by atoms with E-state index in [0.29, 0.717) is 22.5 Å². The first kappa shape index (κ1) is 22.7. The number of benzene rings is 2. The molecular weight excluding hydrogens is 419 g/mol. The molecule has 0 fully saturated rings. The van der Waals surface area contributed by atoms with Crippen LogP contribution in [0.25, 0.3) is 0 Å². The van der Waals surface area contributed by atoms with Gasteiger partial charge < -0.3 is 5.32 Å². The molecule has 8 heteroatoms. The molecule has 0 saturated carbocycles. The van der Waals surface area contributed by atoms with Crippen LogP contribution >= 0.6 is 23.2 Å². The van der Waals surface area contributed by atoms with Gasteiger partial charge in [0.05, 0.1) is 11.4 Å². The summed E-state index contributed by atoms with van der Waals surface area (Å²) in [6.45, 7) is 4.41. The second kappa shape index (κ2) is 10.3. The summed E-state index contributed by atoms with van der Waals surface area (Å²) >= 11 is 11.8. The summed E-state index contributed by atoms with van der Waals surface area (Å²) in [6.07, 6.45) is 0.826. The Morgan fingerprint density at radius 1 is 1.00 bits per heavy atom. The molecule has 0 bridgehead atoms. The Morgan fingerprint density at radius 3 is 2.07 bits per heavy atom. The van der Waals surface area contributed by atoms with Gasteiger partial charge >= 0.3 is 0 Å². The number of nitrogens with one attached hydrogen (secondary N) is 1. The summed E-state index contributed by atoms with van der Waals surface area (Å²) in [6, 6.07) is 12.7. The average Bonchev–Trinajstić information content (AvgIpc) is 2.63. The predicted molar refractivity (Wildman–Crippen MR) is 113 cm³/mol. The number of carbonyl (C=O) groups excluding carboxylic acids is 1. The second-order valence-electron chi connectivity index (χ2n) is 6.89. The van der Waals surface area contributed by atoms with Gasteiger partial charge in [0.1, 0.15) is 0 Å². The summed E-state index contributed by atoms with van der Waals surface area (Å²) in [5.74, 6) is 0.107. The number of rotatable bonds is 9. The molecule has 0 heterocycles. The lowest BCUT2D eigenvalue weighted by atomic mass is 10.1. The zero-order valence-electron chi connectivity index (χ0n) is 15.9. The first-order valence-electron chi connectivity index (χ1n) is 8.95. The monoisotopic (exact) mass is 442 g/mol. The lowest BCUT2D eigenvalue weighted by Crippen LogP contribution is -2.40. The van der Waals surface area contributed by atoms with Crippen LogP contribution in [-0.4, -0.2) is 31.7 Å². The van der Waals surface area contributed by atoms with E-state index in [2.05, 4.69) is 19.2 Å². The van der Waals surface area contributed by atoms with Crippen molar-refractivity contribution in [3.63, 3.8) is 0 Å². The minimum Gasteiger partial charge on any atom is -0.355 e. The number of hydrogen-bond donors (Lipinski definition) is 1. The topological polar surface area (TPSA) is 66.5 Å². The van der Waals surface area contributed by atoms with E-state index in [1.54, 1.807) is 24.3 Å². The molecule has 0 atom stereocenters. The Hall–Kier alpha value is -1.60. The van der Waals surface area contributed by atoms with Crippen molar-refractivity contribution in [2.24, 2.45) is 5.92 Å². The van der Waals surface area contributed by atoms with Gasteiger partial charge in [-0.3, -0.25) is 4.79 Å². The number of amides is 1. The van der Waals surface area contributed by atoms with Gasteiger partial charge in [0, 0.05) is 23.1 Å². The Morgan fingerprint density at radius 2 is 1.54 bits per heavy atom. The van der Waals surface area contributed by atoms with E-state index in [0.717, 1.165) is 16.3 Å². The van der Waals surface area contributed by atoms with E-state index in [4.69, 9.17) is 23.2 Å². The largest absolute Gasteiger partial charge is 0.355 e. The van der Waals surface area contributed by atoms with E-state index >= 15 is 0 Å². The highest BCUT2D eigenvalue weighted by atomic mass is 35.5. The smallest absolute Gasteiger partial charge is 0.243 e. The highest BCUT2D eigenvalue weighted by Crippen LogP contribution is 2.21. The molecule has 28 heavy (non-hydrogen) atoms. The molecule has 0 aliphatic rings. The third kappa shape index (κ3) is 6.78. The third-order valence-electron chi connectivity index (χ3n) is 4.09. The highest BCUT2D eigenvalue weighted by Gasteiger charge is 2.27. The SMILES string of the molecule is CC(C)CCNC(=O)CN(Cc1ccc(Cl)cc1)S(=O)(=O)c1ccc(Cl)cc1. The van der Waals surface area contributed by atoms with Crippen LogP contribution in [0.2, 0.25) is 10.0 Å². The van der Waals surface area contributed by atoms with Crippen LogP contribution in [0.15, 0.2) is 53.4 Å². The molecule has 0 aromatic heterocycles. The van der Waals surface area contributed by atoms with Crippen molar-refractivity contribution in [3.8, 4) is 0 Å². The summed E-state index contributed by atoms with van der Waals surface area (Å²) in [4.78, 5) is 12.4. The van der Waals surface area contributed by atoms with Crippen LogP contribution in [0.4, 0.5) is 0 Å². The van der Waals surface area contributed by atoms with E-state index in [-0.39, 0.29) is 23.9 Å². The molecule has 2 rings (SSSR count). The summed E-state index contributed by atoms with van der Waals surface area (Å²) in [7, 11) is -3.88. The van der Waals surface area contributed by atoms with Gasteiger partial charge in [-0.1, -0.05) is 49.2 Å². The molecule has 1 amide bonds. The van der Waals surface area contributed by atoms with Gasteiger partial charge in [0.15, 0.2) is 0 Å². The molecular formula is C20H24Cl2N2O3S. The quantitative estimate of drug-likeness (QED) is 0.627. The molecule has 0 unspecified atom stereocenters. The van der Waals surface area contributed by atoms with Gasteiger partial charge in [-0.2, -0.15) is 4.31 Å². The number of sulfonamides is 1. The molecule has 0 saturated heterocycles. The van der Waals surface area contributed by atoms with Gasteiger partial charge in [0.25, 0.3) is 0 Å². The molecule has 2 aromatic rings. The standard InChI is InChI=1S/C20H24Cl2N2O3S/c1-15(2)11-12-23-20(25)14-24(13-16-3-5-17(21)6-4-16)28(26,27)19-9-7-18(22)8-10-19/h3-10,15H,11-14H2,1-2H3,(H,23,25). The number of nitrogens with zero attached hydrogens (tertiary/aromatic N) is 1. The minimum atomic E-state index is -3.88. The van der Waals surface area contributed by atoms with E-state index in [9.17, 15) is 13.2 Å². The molecule has 0 spiro atoms. The molecule has 2 aromatic carbocycles. The van der Waals surface area contributed by atoms with Gasteiger partial charge in [0.2, 0.25) is 15.9 Å². The fourth-order valence-electron chi connectivity index (χ4n) is 2.49. The van der Waals surface area contributed by atoms with Crippen LogP contribution in [0.3, 0.4) is 0 Å². The first-order chi connectivity index (χ1) is 13.2. The Labute approximate surface area is 176 Å². The van der Waals surface area contributed by atoms with Crippen LogP contribution in [0.5, 0.6) is 0 Å². The average molecular weight is 443 g/mol. The number of hydrogen-bond acceptors (Lipinski definition) is 3. The fourth-order valence-corrected chi connectivity index (χ4v) is 4.13. The maximum atomic E-state index is 13.1. The van der Waals surface area contributed by atoms with Crippen molar-refractivity contribution in [2.45, 2.75) is 31.7 Å². The van der Waals surface area contributed by atoms with Crippen molar-refractivity contribution in [2.75, 3.05) is 13.1 Å². The highest BCUT2D eigenvalue weighted by molar-refractivity contribution is 7.89. The fraction of sp³-hybridized carbons (Fsp3) is 0.350. The third-order valence-corrected chi connectivity index (χ3v) is 6.40. The van der Waals surface area contributed by atoms with E-state index in [1.165, 1.54) is 24.3 Å². The van der Waals surface area contributed by atoms with Crippen LogP contribution in [0, 0.1) is 5.92 Å². The number of halogens is 2. The maximum Gasteiger partial charge on any atom is 0.243 e. The van der Waals surface area contributed by atoms with Crippen molar-refractivity contribution < 1.29 is 13.2 Å². The molecule has 152 valence electrons. The first-order valence-corrected chi connectivity index (χ1v) is 11.1. The summed E-state index contributed by atoms with van der Waals surface area (Å²) < 4.78 is 27.4. The summed E-state index contributed by atoms with van der Waals surface area (Å²) in [5, 5.41) is 3.78. The molecule has 1 N–H and O–H groups in total. The van der Waals surface area contributed by atoms with Crippen molar-refractivity contribution in [1.82, 2.24) is 9.62 Å². The maximum absolute atomic E-state index is 13.1. The van der Waals surface area contributed by atoms with Crippen LogP contribution < -0.4 is 5.32 Å². The zero-order valence-corrected chi connectivity index (χ0v) is 18.2. The molecule has 5 nitrogen and oxygen atoms in total. The lowest BCUT2D eigenvalue weighted by molar-refractivity contribution is -0.121. The van der Waals surface area contributed by atoms with Gasteiger partial charge in [-0.15, -0.1) is 0 Å².